The third-order valence-electron chi connectivity index (χ3n) is 3.55. The highest BCUT2D eigenvalue weighted by atomic mass is 32.2. The average Bonchev–Trinajstić information content (AvgIpc) is 3.00. The summed E-state index contributed by atoms with van der Waals surface area (Å²) in [6.07, 6.45) is 1.42. The van der Waals surface area contributed by atoms with E-state index in [1.54, 1.807) is 7.05 Å². The molecule has 26 heavy (non-hydrogen) atoms. The van der Waals surface area contributed by atoms with Crippen molar-refractivity contribution < 1.29 is 4.79 Å². The summed E-state index contributed by atoms with van der Waals surface area (Å²) in [5, 5.41) is 16.4. The number of nitrogens with zero attached hydrogens (tertiary/aromatic N) is 5. The van der Waals surface area contributed by atoms with E-state index in [2.05, 4.69) is 20.4 Å². The number of carbonyl (C=O) groups excluding carboxylic acids is 1. The van der Waals surface area contributed by atoms with Crippen LogP contribution in [-0.4, -0.2) is 31.4 Å². The Bertz CT molecular complexity index is 977. The molecule has 1 aromatic carbocycles. The zero-order chi connectivity index (χ0) is 18.5. The lowest BCUT2D eigenvalue weighted by Gasteiger charge is -2.07. The molecule has 0 atom stereocenters. The molecule has 0 aliphatic heterocycles. The first kappa shape index (κ1) is 17.6. The van der Waals surface area contributed by atoms with Crippen LogP contribution in [0.15, 0.2) is 47.6 Å². The van der Waals surface area contributed by atoms with Gasteiger partial charge in [-0.15, -0.1) is 0 Å². The van der Waals surface area contributed by atoms with E-state index in [9.17, 15) is 4.79 Å². The van der Waals surface area contributed by atoms with Crippen LogP contribution in [0, 0.1) is 18.3 Å². The molecule has 0 saturated carbocycles. The standard InChI is InChI=1S/C18H16N6OS/c1-12-21-15(13-6-4-3-5-7-13)8-17(22-12)26-11-16(25)23-18-14(9-19)10-20-24(18)2/h3-8,10H,11H2,1-2H3,(H,23,25). The van der Waals surface area contributed by atoms with Gasteiger partial charge in [0.05, 0.1) is 17.6 Å². The van der Waals surface area contributed by atoms with Crippen LogP contribution >= 0.6 is 11.8 Å². The number of nitriles is 1. The van der Waals surface area contributed by atoms with Gasteiger partial charge in [0.2, 0.25) is 5.91 Å². The third-order valence-corrected chi connectivity index (χ3v) is 4.46. The molecule has 1 amide bonds. The van der Waals surface area contributed by atoms with Gasteiger partial charge in [-0.2, -0.15) is 10.4 Å². The van der Waals surface area contributed by atoms with Crippen LogP contribution in [0.3, 0.4) is 0 Å². The second-order valence-electron chi connectivity index (χ2n) is 5.48. The summed E-state index contributed by atoms with van der Waals surface area (Å²) in [6, 6.07) is 13.7. The van der Waals surface area contributed by atoms with Gasteiger partial charge >= 0.3 is 0 Å². The maximum atomic E-state index is 12.2. The van der Waals surface area contributed by atoms with E-state index in [0.29, 0.717) is 17.2 Å². The summed E-state index contributed by atoms with van der Waals surface area (Å²) < 4.78 is 1.46. The monoisotopic (exact) mass is 364 g/mol. The second kappa shape index (κ2) is 7.80. The van der Waals surface area contributed by atoms with Crippen molar-refractivity contribution in [3.8, 4) is 17.3 Å². The molecule has 0 radical (unpaired) electrons. The number of carbonyl (C=O) groups is 1. The van der Waals surface area contributed by atoms with Crippen LogP contribution in [0.5, 0.6) is 0 Å². The third kappa shape index (κ3) is 4.07. The Morgan fingerprint density at radius 1 is 1.31 bits per heavy atom. The Hall–Kier alpha value is -3.18. The smallest absolute Gasteiger partial charge is 0.235 e. The minimum Gasteiger partial charge on any atom is -0.309 e. The van der Waals surface area contributed by atoms with E-state index in [1.165, 1.54) is 22.6 Å². The van der Waals surface area contributed by atoms with Gasteiger partial charge in [-0.1, -0.05) is 42.1 Å². The van der Waals surface area contributed by atoms with Gasteiger partial charge in [0.25, 0.3) is 0 Å². The van der Waals surface area contributed by atoms with Crippen LogP contribution in [-0.2, 0) is 11.8 Å². The van der Waals surface area contributed by atoms with Crippen molar-refractivity contribution in [1.29, 1.82) is 5.26 Å². The van der Waals surface area contributed by atoms with Gasteiger partial charge in [0.1, 0.15) is 28.3 Å². The molecule has 0 bridgehead atoms. The summed E-state index contributed by atoms with van der Waals surface area (Å²) in [5.74, 6) is 0.975. The number of hydrogen-bond acceptors (Lipinski definition) is 6. The highest BCUT2D eigenvalue weighted by molar-refractivity contribution is 7.99. The minimum absolute atomic E-state index is 0.167. The predicted molar refractivity (Wildman–Crippen MR) is 99.5 cm³/mol. The lowest BCUT2D eigenvalue weighted by Crippen LogP contribution is -2.17. The fourth-order valence-corrected chi connectivity index (χ4v) is 3.09. The average molecular weight is 364 g/mol. The van der Waals surface area contributed by atoms with Gasteiger partial charge in [0.15, 0.2) is 0 Å². The second-order valence-corrected chi connectivity index (χ2v) is 6.48. The summed E-state index contributed by atoms with van der Waals surface area (Å²) >= 11 is 1.32. The molecular formula is C18H16N6OS. The summed E-state index contributed by atoms with van der Waals surface area (Å²) in [4.78, 5) is 21.1. The lowest BCUT2D eigenvalue weighted by molar-refractivity contribution is -0.113. The number of aromatic nitrogens is 4. The van der Waals surface area contributed by atoms with E-state index >= 15 is 0 Å². The van der Waals surface area contributed by atoms with Crippen molar-refractivity contribution in [2.24, 2.45) is 7.05 Å². The van der Waals surface area contributed by atoms with Crippen LogP contribution in [0.1, 0.15) is 11.4 Å². The number of aryl methyl sites for hydroxylation is 2. The first-order valence-corrected chi connectivity index (χ1v) is 8.81. The lowest BCUT2D eigenvalue weighted by atomic mass is 10.1. The fraction of sp³-hybridized carbons (Fsp3) is 0.167. The SMILES string of the molecule is Cc1nc(SCC(=O)Nc2c(C#N)cnn2C)cc(-c2ccccc2)n1. The number of amides is 1. The van der Waals surface area contributed by atoms with Gasteiger partial charge in [0, 0.05) is 12.6 Å². The number of thioether (sulfide) groups is 1. The van der Waals surface area contributed by atoms with Crippen LogP contribution in [0.4, 0.5) is 5.82 Å². The number of nitrogens with one attached hydrogen (secondary N) is 1. The maximum absolute atomic E-state index is 12.2. The molecule has 3 rings (SSSR count). The van der Waals surface area contributed by atoms with E-state index in [-0.39, 0.29) is 11.7 Å². The van der Waals surface area contributed by atoms with Crippen LogP contribution < -0.4 is 5.32 Å². The molecule has 0 aliphatic carbocycles. The summed E-state index contributed by atoms with van der Waals surface area (Å²) in [7, 11) is 1.67. The quantitative estimate of drug-likeness (QED) is 0.552. The Morgan fingerprint density at radius 2 is 2.08 bits per heavy atom. The van der Waals surface area contributed by atoms with Gasteiger partial charge in [-0.3, -0.25) is 9.48 Å². The highest BCUT2D eigenvalue weighted by Gasteiger charge is 2.13. The first-order valence-electron chi connectivity index (χ1n) is 7.82. The zero-order valence-electron chi connectivity index (χ0n) is 14.3. The van der Waals surface area contributed by atoms with Crippen molar-refractivity contribution in [2.75, 3.05) is 11.1 Å². The Balaban J connectivity index is 1.70. The van der Waals surface area contributed by atoms with Crippen molar-refractivity contribution in [2.45, 2.75) is 11.9 Å². The molecule has 0 fully saturated rings. The van der Waals surface area contributed by atoms with E-state index in [1.807, 2.05) is 49.4 Å². The Kier molecular flexibility index (Phi) is 5.29. The number of anilines is 1. The summed E-state index contributed by atoms with van der Waals surface area (Å²) in [6.45, 7) is 1.82. The van der Waals surface area contributed by atoms with E-state index in [0.717, 1.165) is 16.3 Å². The zero-order valence-corrected chi connectivity index (χ0v) is 15.1. The molecule has 130 valence electrons. The molecule has 2 heterocycles. The maximum Gasteiger partial charge on any atom is 0.235 e. The molecule has 3 aromatic rings. The molecule has 2 aromatic heterocycles. The fourth-order valence-electron chi connectivity index (χ4n) is 2.35. The number of hydrogen-bond donors (Lipinski definition) is 1. The molecule has 0 saturated heterocycles. The molecule has 0 aliphatic rings. The van der Waals surface area contributed by atoms with Crippen molar-refractivity contribution in [3.05, 3.63) is 54.0 Å². The van der Waals surface area contributed by atoms with Crippen molar-refractivity contribution in [3.63, 3.8) is 0 Å². The largest absolute Gasteiger partial charge is 0.309 e. The molecule has 7 nitrogen and oxygen atoms in total. The first-order chi connectivity index (χ1) is 12.6. The highest BCUT2D eigenvalue weighted by Crippen LogP contribution is 2.23. The normalized spacial score (nSPS) is 10.3. The Morgan fingerprint density at radius 3 is 2.81 bits per heavy atom. The number of benzene rings is 1. The molecule has 0 unspecified atom stereocenters. The van der Waals surface area contributed by atoms with Crippen LogP contribution in [0.25, 0.3) is 11.3 Å². The summed E-state index contributed by atoms with van der Waals surface area (Å²) in [5.41, 5.74) is 2.15. The molecule has 1 N–H and O–H groups in total. The Labute approximate surface area is 155 Å². The van der Waals surface area contributed by atoms with Gasteiger partial charge in [-0.25, -0.2) is 9.97 Å². The predicted octanol–water partition coefficient (Wildman–Crippen LogP) is 2.79. The van der Waals surface area contributed by atoms with Crippen molar-refractivity contribution >= 4 is 23.5 Å². The van der Waals surface area contributed by atoms with Crippen molar-refractivity contribution in [1.82, 2.24) is 19.7 Å². The van der Waals surface area contributed by atoms with Gasteiger partial charge in [-0.05, 0) is 13.0 Å². The van der Waals surface area contributed by atoms with Gasteiger partial charge < -0.3 is 5.32 Å². The van der Waals surface area contributed by atoms with E-state index < -0.39 is 0 Å². The molecular weight excluding hydrogens is 348 g/mol. The topological polar surface area (TPSA) is 96.5 Å². The van der Waals surface area contributed by atoms with Crippen LogP contribution in [0.2, 0.25) is 0 Å². The molecule has 0 spiro atoms. The molecule has 8 heteroatoms. The minimum atomic E-state index is -0.229. The number of rotatable bonds is 5. The van der Waals surface area contributed by atoms with E-state index in [4.69, 9.17) is 5.26 Å².